The molecule has 0 aliphatic heterocycles. The van der Waals surface area contributed by atoms with Gasteiger partial charge >= 0.3 is 5.97 Å². The molecule has 0 spiro atoms. The van der Waals surface area contributed by atoms with E-state index in [4.69, 9.17) is 4.74 Å². The molecule has 0 aliphatic carbocycles. The molecule has 164 valence electrons. The number of aromatic nitrogens is 3. The molecule has 1 aromatic carbocycles. The summed E-state index contributed by atoms with van der Waals surface area (Å²) in [5, 5.41) is 7.37. The molecule has 3 rings (SSSR count). The molecule has 2 aromatic heterocycles. The van der Waals surface area contributed by atoms with Gasteiger partial charge in [0.25, 0.3) is 5.91 Å². The molecule has 0 fully saturated rings. The first-order chi connectivity index (χ1) is 14.8. The van der Waals surface area contributed by atoms with Crippen LogP contribution in [-0.4, -0.2) is 33.1 Å². The number of rotatable bonds is 8. The Kier molecular flexibility index (Phi) is 7.05. The van der Waals surface area contributed by atoms with E-state index in [2.05, 4.69) is 15.4 Å². The van der Waals surface area contributed by atoms with Gasteiger partial charge in [-0.25, -0.2) is 9.50 Å². The summed E-state index contributed by atoms with van der Waals surface area (Å²) in [6.07, 6.45) is 2.29. The number of fused-ring (bicyclic) bond motifs is 1. The highest BCUT2D eigenvalue weighted by atomic mass is 16.5. The third-order valence-electron chi connectivity index (χ3n) is 5.49. The second-order valence-corrected chi connectivity index (χ2v) is 7.68. The Morgan fingerprint density at radius 1 is 1.10 bits per heavy atom. The van der Waals surface area contributed by atoms with Crippen LogP contribution in [0.1, 0.15) is 54.0 Å². The van der Waals surface area contributed by atoms with E-state index in [1.54, 1.807) is 4.52 Å². The van der Waals surface area contributed by atoms with E-state index in [1.165, 1.54) is 0 Å². The SMILES string of the molecule is CCc1cccc(CC)c1NC(=O)COC(=O)CCc1c(C)nc2cc(C)nn2c1C. The molecule has 0 bridgehead atoms. The summed E-state index contributed by atoms with van der Waals surface area (Å²) in [7, 11) is 0. The van der Waals surface area contributed by atoms with E-state index < -0.39 is 5.97 Å². The van der Waals surface area contributed by atoms with Crippen LogP contribution < -0.4 is 5.32 Å². The minimum atomic E-state index is -0.412. The van der Waals surface area contributed by atoms with Crippen molar-refractivity contribution in [2.75, 3.05) is 11.9 Å². The van der Waals surface area contributed by atoms with Gasteiger partial charge in [-0.05, 0) is 56.7 Å². The molecule has 0 unspecified atom stereocenters. The largest absolute Gasteiger partial charge is 0.456 e. The third-order valence-corrected chi connectivity index (χ3v) is 5.49. The molecule has 1 amide bonds. The van der Waals surface area contributed by atoms with E-state index in [1.807, 2.05) is 58.9 Å². The van der Waals surface area contributed by atoms with Gasteiger partial charge in [0.1, 0.15) is 0 Å². The lowest BCUT2D eigenvalue weighted by Gasteiger charge is -2.14. The van der Waals surface area contributed by atoms with Crippen LogP contribution in [-0.2, 0) is 33.6 Å². The topological polar surface area (TPSA) is 85.6 Å². The molecule has 0 radical (unpaired) electrons. The molecule has 0 saturated heterocycles. The number of amides is 1. The maximum Gasteiger partial charge on any atom is 0.306 e. The molecule has 7 heteroatoms. The number of aryl methyl sites for hydroxylation is 5. The second-order valence-electron chi connectivity index (χ2n) is 7.68. The van der Waals surface area contributed by atoms with Crippen LogP contribution in [0.4, 0.5) is 5.69 Å². The summed E-state index contributed by atoms with van der Waals surface area (Å²) in [6, 6.07) is 7.92. The Morgan fingerprint density at radius 2 is 1.77 bits per heavy atom. The number of carbonyl (C=O) groups excluding carboxylic acids is 2. The monoisotopic (exact) mass is 422 g/mol. The van der Waals surface area contributed by atoms with Crippen molar-refractivity contribution in [3.05, 3.63) is 58.0 Å². The third kappa shape index (κ3) is 5.10. The van der Waals surface area contributed by atoms with Gasteiger partial charge in [0.2, 0.25) is 0 Å². The highest BCUT2D eigenvalue weighted by Gasteiger charge is 2.15. The zero-order valence-corrected chi connectivity index (χ0v) is 18.9. The van der Waals surface area contributed by atoms with Gasteiger partial charge in [0.15, 0.2) is 12.3 Å². The minimum Gasteiger partial charge on any atom is -0.456 e. The number of esters is 1. The van der Waals surface area contributed by atoms with Crippen molar-refractivity contribution in [1.82, 2.24) is 14.6 Å². The number of hydrogen-bond donors (Lipinski definition) is 1. The molecular weight excluding hydrogens is 392 g/mol. The fourth-order valence-corrected chi connectivity index (χ4v) is 3.83. The molecule has 0 atom stereocenters. The van der Waals surface area contributed by atoms with Crippen LogP contribution in [0.15, 0.2) is 24.3 Å². The van der Waals surface area contributed by atoms with Gasteiger partial charge < -0.3 is 10.1 Å². The maximum atomic E-state index is 12.4. The van der Waals surface area contributed by atoms with Crippen molar-refractivity contribution in [1.29, 1.82) is 0 Å². The number of benzene rings is 1. The van der Waals surface area contributed by atoms with Gasteiger partial charge in [-0.2, -0.15) is 5.10 Å². The van der Waals surface area contributed by atoms with E-state index in [0.717, 1.165) is 57.9 Å². The zero-order chi connectivity index (χ0) is 22.5. The summed E-state index contributed by atoms with van der Waals surface area (Å²) in [5.74, 6) is -0.739. The maximum absolute atomic E-state index is 12.4. The number of para-hydroxylation sites is 1. The molecule has 0 saturated carbocycles. The van der Waals surface area contributed by atoms with Crippen molar-refractivity contribution in [2.45, 2.75) is 60.3 Å². The zero-order valence-electron chi connectivity index (χ0n) is 18.9. The number of nitrogens with zero attached hydrogens (tertiary/aromatic N) is 3. The predicted octanol–water partition coefficient (Wildman–Crippen LogP) is 3.89. The number of hydrogen-bond acceptors (Lipinski definition) is 5. The highest BCUT2D eigenvalue weighted by Crippen LogP contribution is 2.22. The number of ether oxygens (including phenoxy) is 1. The summed E-state index contributed by atoms with van der Waals surface area (Å²) in [6.45, 7) is 9.62. The molecule has 31 heavy (non-hydrogen) atoms. The predicted molar refractivity (Wildman–Crippen MR) is 120 cm³/mol. The average Bonchev–Trinajstić information content (AvgIpc) is 3.12. The van der Waals surface area contributed by atoms with Crippen molar-refractivity contribution >= 4 is 23.2 Å². The molecule has 3 aromatic rings. The van der Waals surface area contributed by atoms with Gasteiger partial charge in [-0.15, -0.1) is 0 Å². The Labute approximate surface area is 182 Å². The first kappa shape index (κ1) is 22.5. The van der Waals surface area contributed by atoms with E-state index >= 15 is 0 Å². The Bertz CT molecular complexity index is 1100. The average molecular weight is 423 g/mol. The van der Waals surface area contributed by atoms with Crippen LogP contribution in [0.3, 0.4) is 0 Å². The Morgan fingerprint density at radius 3 is 2.42 bits per heavy atom. The Balaban J connectivity index is 1.58. The fraction of sp³-hybridized carbons (Fsp3) is 0.417. The van der Waals surface area contributed by atoms with Crippen molar-refractivity contribution in [3.8, 4) is 0 Å². The minimum absolute atomic E-state index is 0.175. The van der Waals surface area contributed by atoms with Crippen molar-refractivity contribution in [2.24, 2.45) is 0 Å². The summed E-state index contributed by atoms with van der Waals surface area (Å²) in [5.41, 5.74) is 7.48. The molecule has 2 heterocycles. The molecule has 0 aliphatic rings. The highest BCUT2D eigenvalue weighted by molar-refractivity contribution is 5.94. The molecule has 7 nitrogen and oxygen atoms in total. The summed E-state index contributed by atoms with van der Waals surface area (Å²) < 4.78 is 7.02. The Hall–Kier alpha value is -3.22. The number of carbonyl (C=O) groups is 2. The van der Waals surface area contributed by atoms with E-state index in [9.17, 15) is 9.59 Å². The van der Waals surface area contributed by atoms with Crippen LogP contribution in [0.5, 0.6) is 0 Å². The number of nitrogens with one attached hydrogen (secondary N) is 1. The first-order valence-corrected chi connectivity index (χ1v) is 10.7. The first-order valence-electron chi connectivity index (χ1n) is 10.7. The molecule has 1 N–H and O–H groups in total. The molecular formula is C24H30N4O3. The van der Waals surface area contributed by atoms with Crippen LogP contribution in [0, 0.1) is 20.8 Å². The summed E-state index contributed by atoms with van der Waals surface area (Å²) >= 11 is 0. The summed E-state index contributed by atoms with van der Waals surface area (Å²) in [4.78, 5) is 29.2. The fourth-order valence-electron chi connectivity index (χ4n) is 3.83. The quantitative estimate of drug-likeness (QED) is 0.557. The lowest BCUT2D eigenvalue weighted by Crippen LogP contribution is -2.22. The second kappa shape index (κ2) is 9.73. The lowest BCUT2D eigenvalue weighted by atomic mass is 10.0. The van der Waals surface area contributed by atoms with Crippen LogP contribution in [0.2, 0.25) is 0 Å². The van der Waals surface area contributed by atoms with Gasteiger partial charge in [-0.1, -0.05) is 32.0 Å². The van der Waals surface area contributed by atoms with Crippen LogP contribution >= 0.6 is 0 Å². The van der Waals surface area contributed by atoms with Crippen molar-refractivity contribution in [3.63, 3.8) is 0 Å². The normalized spacial score (nSPS) is 11.0. The van der Waals surface area contributed by atoms with Crippen LogP contribution in [0.25, 0.3) is 5.65 Å². The number of anilines is 1. The van der Waals surface area contributed by atoms with E-state index in [0.29, 0.717) is 6.42 Å². The standard InChI is InChI=1S/C24H30N4O3/c1-6-18-9-8-10-19(7-2)24(18)26-22(29)14-31-23(30)12-11-20-16(4)25-21-13-15(3)27-28(21)17(20)5/h8-10,13H,6-7,11-12,14H2,1-5H3,(H,26,29). The lowest BCUT2D eigenvalue weighted by molar-refractivity contribution is -0.147. The van der Waals surface area contributed by atoms with Crippen molar-refractivity contribution < 1.29 is 14.3 Å². The van der Waals surface area contributed by atoms with Gasteiger partial charge in [-0.3, -0.25) is 9.59 Å². The van der Waals surface area contributed by atoms with E-state index in [-0.39, 0.29) is 18.9 Å². The van der Waals surface area contributed by atoms with Gasteiger partial charge in [0, 0.05) is 29.6 Å². The smallest absolute Gasteiger partial charge is 0.306 e. The van der Waals surface area contributed by atoms with Gasteiger partial charge in [0.05, 0.1) is 5.69 Å².